The van der Waals surface area contributed by atoms with Crippen molar-refractivity contribution < 1.29 is 4.79 Å². The molecule has 1 aliphatic rings. The highest BCUT2D eigenvalue weighted by atomic mass is 16.1. The van der Waals surface area contributed by atoms with Gasteiger partial charge in [0.25, 0.3) is 0 Å². The molecule has 0 aromatic heterocycles. The van der Waals surface area contributed by atoms with Crippen LogP contribution in [0.3, 0.4) is 0 Å². The van der Waals surface area contributed by atoms with Crippen molar-refractivity contribution in [1.29, 1.82) is 0 Å². The molecule has 0 amide bonds. The number of benzene rings is 1. The molecular formula is C12H12O. The van der Waals surface area contributed by atoms with Crippen molar-refractivity contribution in [3.8, 4) is 0 Å². The monoisotopic (exact) mass is 172 g/mol. The Kier molecular flexibility index (Phi) is 1.80. The molecule has 1 aromatic carbocycles. The number of Topliss-reactive ketones (excluding diaryl/α,β-unsaturated/α-hetero) is 1. The first-order chi connectivity index (χ1) is 6.20. The van der Waals surface area contributed by atoms with E-state index in [4.69, 9.17) is 0 Å². The minimum Gasteiger partial charge on any atom is -0.293 e. The highest BCUT2D eigenvalue weighted by Gasteiger charge is 2.29. The van der Waals surface area contributed by atoms with Crippen LogP contribution in [-0.2, 0) is 6.42 Å². The van der Waals surface area contributed by atoms with Gasteiger partial charge in [-0.1, -0.05) is 36.4 Å². The topological polar surface area (TPSA) is 17.1 Å². The molecule has 2 rings (SSSR count). The highest BCUT2D eigenvalue weighted by Crippen LogP contribution is 2.30. The third-order valence-electron chi connectivity index (χ3n) is 2.62. The summed E-state index contributed by atoms with van der Waals surface area (Å²) >= 11 is 0. The fourth-order valence-corrected chi connectivity index (χ4v) is 1.84. The first-order valence-electron chi connectivity index (χ1n) is 4.47. The predicted octanol–water partition coefficient (Wildman–Crippen LogP) is 2.62. The predicted molar refractivity (Wildman–Crippen MR) is 52.8 cm³/mol. The Morgan fingerprint density at radius 3 is 2.77 bits per heavy atom. The molecule has 1 heteroatoms. The fraction of sp³-hybridized carbons (Fsp3) is 0.250. The van der Waals surface area contributed by atoms with Gasteiger partial charge in [0.1, 0.15) is 0 Å². The normalized spacial score (nSPS) is 20.1. The van der Waals surface area contributed by atoms with Crippen LogP contribution in [0.1, 0.15) is 22.8 Å². The summed E-state index contributed by atoms with van der Waals surface area (Å²) in [4.78, 5) is 11.8. The van der Waals surface area contributed by atoms with Crippen molar-refractivity contribution in [2.45, 2.75) is 13.3 Å². The number of hydrogen-bond acceptors (Lipinski definition) is 1. The molecule has 0 aliphatic heterocycles. The number of ketones is 1. The number of allylic oxidation sites excluding steroid dienone is 1. The maximum Gasteiger partial charge on any atom is 0.170 e. The van der Waals surface area contributed by atoms with E-state index in [-0.39, 0.29) is 11.7 Å². The van der Waals surface area contributed by atoms with Crippen LogP contribution < -0.4 is 0 Å². The molecule has 0 radical (unpaired) electrons. The van der Waals surface area contributed by atoms with Gasteiger partial charge in [-0.2, -0.15) is 0 Å². The molecule has 0 saturated heterocycles. The first-order valence-corrected chi connectivity index (χ1v) is 4.47. The summed E-state index contributed by atoms with van der Waals surface area (Å²) in [6.45, 7) is 5.77. The zero-order valence-corrected chi connectivity index (χ0v) is 7.71. The van der Waals surface area contributed by atoms with Gasteiger partial charge in [-0.3, -0.25) is 4.79 Å². The van der Waals surface area contributed by atoms with E-state index in [9.17, 15) is 4.79 Å². The lowest BCUT2D eigenvalue weighted by molar-refractivity contribution is 0.0955. The number of hydrogen-bond donors (Lipinski definition) is 0. The summed E-state index contributed by atoms with van der Waals surface area (Å²) in [7, 11) is 0. The summed E-state index contributed by atoms with van der Waals surface area (Å²) in [6.07, 6.45) is 0.838. The Morgan fingerprint density at radius 1 is 1.46 bits per heavy atom. The maximum atomic E-state index is 11.8. The molecule has 0 spiro atoms. The van der Waals surface area contributed by atoms with E-state index < -0.39 is 0 Å². The summed E-state index contributed by atoms with van der Waals surface area (Å²) < 4.78 is 0. The van der Waals surface area contributed by atoms with Crippen molar-refractivity contribution >= 4 is 5.78 Å². The molecule has 1 unspecified atom stereocenters. The zero-order chi connectivity index (χ0) is 9.42. The van der Waals surface area contributed by atoms with Crippen LogP contribution in [0, 0.1) is 5.92 Å². The van der Waals surface area contributed by atoms with Gasteiger partial charge in [-0.25, -0.2) is 0 Å². The number of carbonyl (C=O) groups is 1. The van der Waals surface area contributed by atoms with Crippen LogP contribution >= 0.6 is 0 Å². The van der Waals surface area contributed by atoms with Gasteiger partial charge in [-0.05, 0) is 18.9 Å². The van der Waals surface area contributed by atoms with Gasteiger partial charge in [0.2, 0.25) is 0 Å². The van der Waals surface area contributed by atoms with Crippen LogP contribution in [0.25, 0.3) is 0 Å². The minimum atomic E-state index is 0.0254. The van der Waals surface area contributed by atoms with E-state index >= 15 is 0 Å². The van der Waals surface area contributed by atoms with Gasteiger partial charge in [-0.15, -0.1) is 0 Å². The number of rotatable bonds is 1. The van der Waals surface area contributed by atoms with Crippen molar-refractivity contribution in [1.82, 2.24) is 0 Å². The summed E-state index contributed by atoms with van der Waals surface area (Å²) in [6, 6.07) is 7.82. The van der Waals surface area contributed by atoms with E-state index in [1.165, 1.54) is 5.56 Å². The lowest BCUT2D eigenvalue weighted by Crippen LogP contribution is -2.09. The Balaban J connectivity index is 2.44. The van der Waals surface area contributed by atoms with Crippen molar-refractivity contribution in [2.24, 2.45) is 5.92 Å². The molecule has 0 saturated carbocycles. The van der Waals surface area contributed by atoms with Gasteiger partial charge in [0.15, 0.2) is 5.78 Å². The molecule has 66 valence electrons. The number of fused-ring (bicyclic) bond motifs is 1. The molecule has 1 aliphatic carbocycles. The maximum absolute atomic E-state index is 11.8. The Bertz CT molecular complexity index is 376. The first kappa shape index (κ1) is 8.24. The molecule has 1 nitrogen and oxygen atoms in total. The van der Waals surface area contributed by atoms with Crippen molar-refractivity contribution in [3.63, 3.8) is 0 Å². The fourth-order valence-electron chi connectivity index (χ4n) is 1.84. The Labute approximate surface area is 78.1 Å². The second-order valence-corrected chi connectivity index (χ2v) is 3.62. The molecule has 1 aromatic rings. The van der Waals surface area contributed by atoms with Gasteiger partial charge in [0.05, 0.1) is 0 Å². The van der Waals surface area contributed by atoms with Gasteiger partial charge < -0.3 is 0 Å². The highest BCUT2D eigenvalue weighted by molar-refractivity contribution is 6.03. The van der Waals surface area contributed by atoms with Crippen LogP contribution in [0.5, 0.6) is 0 Å². The summed E-state index contributed by atoms with van der Waals surface area (Å²) in [5.74, 6) is 0.264. The zero-order valence-electron chi connectivity index (χ0n) is 7.71. The molecule has 0 heterocycles. The smallest absolute Gasteiger partial charge is 0.170 e. The number of carbonyl (C=O) groups excluding carboxylic acids is 1. The molecular weight excluding hydrogens is 160 g/mol. The van der Waals surface area contributed by atoms with Crippen LogP contribution in [0.15, 0.2) is 36.4 Å². The minimum absolute atomic E-state index is 0.0254. The Morgan fingerprint density at radius 2 is 2.15 bits per heavy atom. The average Bonchev–Trinajstić information content (AvgIpc) is 2.45. The van der Waals surface area contributed by atoms with E-state index in [1.807, 2.05) is 31.2 Å². The SMILES string of the molecule is C=C(C)C1Cc2ccccc2C1=O. The molecule has 13 heavy (non-hydrogen) atoms. The quantitative estimate of drug-likeness (QED) is 0.595. The van der Waals surface area contributed by atoms with E-state index in [2.05, 4.69) is 6.58 Å². The third kappa shape index (κ3) is 1.21. The standard InChI is InChI=1S/C12H12O/c1-8(2)11-7-9-5-3-4-6-10(9)12(11)13/h3-6,11H,1,7H2,2H3. The van der Waals surface area contributed by atoms with Gasteiger partial charge in [0, 0.05) is 11.5 Å². The molecule has 1 atom stereocenters. The largest absolute Gasteiger partial charge is 0.293 e. The van der Waals surface area contributed by atoms with E-state index in [1.54, 1.807) is 0 Å². The molecule has 0 N–H and O–H groups in total. The van der Waals surface area contributed by atoms with Gasteiger partial charge >= 0.3 is 0 Å². The molecule has 0 bridgehead atoms. The molecule has 0 fully saturated rings. The third-order valence-corrected chi connectivity index (χ3v) is 2.62. The lowest BCUT2D eigenvalue weighted by atomic mass is 9.98. The second-order valence-electron chi connectivity index (χ2n) is 3.62. The average molecular weight is 172 g/mol. The van der Waals surface area contributed by atoms with Crippen LogP contribution in [-0.4, -0.2) is 5.78 Å². The van der Waals surface area contributed by atoms with E-state index in [0.717, 1.165) is 17.6 Å². The van der Waals surface area contributed by atoms with Crippen molar-refractivity contribution in [2.75, 3.05) is 0 Å². The second kappa shape index (κ2) is 2.84. The Hall–Kier alpha value is -1.37. The van der Waals surface area contributed by atoms with Crippen molar-refractivity contribution in [3.05, 3.63) is 47.5 Å². The van der Waals surface area contributed by atoms with E-state index in [0.29, 0.717) is 0 Å². The summed E-state index contributed by atoms with van der Waals surface area (Å²) in [5, 5.41) is 0. The summed E-state index contributed by atoms with van der Waals surface area (Å²) in [5.41, 5.74) is 3.03. The lowest BCUT2D eigenvalue weighted by Gasteiger charge is -2.04. The van der Waals surface area contributed by atoms with Crippen LogP contribution in [0.4, 0.5) is 0 Å². The van der Waals surface area contributed by atoms with Crippen LogP contribution in [0.2, 0.25) is 0 Å².